The summed E-state index contributed by atoms with van der Waals surface area (Å²) < 4.78 is 0. The number of nitrogens with one attached hydrogen (secondary N) is 1. The van der Waals surface area contributed by atoms with Gasteiger partial charge in [0.1, 0.15) is 0 Å². The van der Waals surface area contributed by atoms with Crippen molar-refractivity contribution in [1.82, 2.24) is 10.2 Å². The molecule has 0 aliphatic heterocycles. The molecule has 0 saturated carbocycles. The Labute approximate surface area is 112 Å². The van der Waals surface area contributed by atoms with Gasteiger partial charge in [-0.3, -0.25) is 0 Å². The summed E-state index contributed by atoms with van der Waals surface area (Å²) in [6.07, 6.45) is 3.76. The van der Waals surface area contributed by atoms with E-state index in [9.17, 15) is 0 Å². The van der Waals surface area contributed by atoms with Gasteiger partial charge in [0, 0.05) is 18.6 Å². The summed E-state index contributed by atoms with van der Waals surface area (Å²) in [5.74, 6) is 0. The number of nitrogens with zero attached hydrogens (tertiary/aromatic N) is 1. The van der Waals surface area contributed by atoms with Gasteiger partial charge in [-0.1, -0.05) is 50.1 Å². The fourth-order valence-corrected chi connectivity index (χ4v) is 1.98. The highest BCUT2D eigenvalue weighted by molar-refractivity contribution is 5.18. The quantitative estimate of drug-likeness (QED) is 0.758. The molecule has 1 aromatic rings. The topological polar surface area (TPSA) is 15.3 Å². The molecule has 0 amide bonds. The molecule has 0 aliphatic carbocycles. The van der Waals surface area contributed by atoms with Crippen LogP contribution in [-0.2, 0) is 0 Å². The summed E-state index contributed by atoms with van der Waals surface area (Å²) in [6.45, 7) is 5.55. The summed E-state index contributed by atoms with van der Waals surface area (Å²) in [6, 6.07) is 11.9. The van der Waals surface area contributed by atoms with Crippen molar-refractivity contribution in [3.05, 3.63) is 35.9 Å². The largest absolute Gasteiger partial charge is 0.308 e. The Morgan fingerprint density at radius 1 is 1.17 bits per heavy atom. The van der Waals surface area contributed by atoms with Gasteiger partial charge in [-0.25, -0.2) is 0 Å². The lowest BCUT2D eigenvalue weighted by molar-refractivity contribution is 0.290. The summed E-state index contributed by atoms with van der Waals surface area (Å²) >= 11 is 0. The Morgan fingerprint density at radius 2 is 1.83 bits per heavy atom. The standard InChI is InChI=1S/C16H28N2/c1-5-6-12-16(15-10-8-7-9-11-15)17-13-14(2)18(3)4/h7-11,14,16-17H,5-6,12-13H2,1-4H3. The molecule has 0 bridgehead atoms. The second-order valence-corrected chi connectivity index (χ2v) is 5.33. The minimum absolute atomic E-state index is 0.494. The highest BCUT2D eigenvalue weighted by Crippen LogP contribution is 2.19. The van der Waals surface area contributed by atoms with Crippen molar-refractivity contribution in [2.24, 2.45) is 0 Å². The lowest BCUT2D eigenvalue weighted by Gasteiger charge is -2.25. The van der Waals surface area contributed by atoms with Gasteiger partial charge in [0.05, 0.1) is 0 Å². The molecule has 102 valence electrons. The zero-order chi connectivity index (χ0) is 13.4. The summed E-state index contributed by atoms with van der Waals surface area (Å²) in [4.78, 5) is 2.26. The van der Waals surface area contributed by atoms with Crippen molar-refractivity contribution >= 4 is 0 Å². The van der Waals surface area contributed by atoms with E-state index < -0.39 is 0 Å². The van der Waals surface area contributed by atoms with Crippen LogP contribution in [0.4, 0.5) is 0 Å². The Kier molecular flexibility index (Phi) is 6.99. The third-order valence-corrected chi connectivity index (χ3v) is 3.59. The van der Waals surface area contributed by atoms with Crippen molar-refractivity contribution in [2.75, 3.05) is 20.6 Å². The van der Waals surface area contributed by atoms with Crippen molar-refractivity contribution < 1.29 is 0 Å². The molecule has 2 atom stereocenters. The first-order valence-electron chi connectivity index (χ1n) is 7.10. The molecular weight excluding hydrogens is 220 g/mol. The Hall–Kier alpha value is -0.860. The molecule has 1 aromatic carbocycles. The third kappa shape index (κ3) is 5.19. The highest BCUT2D eigenvalue weighted by Gasteiger charge is 2.12. The fourth-order valence-electron chi connectivity index (χ4n) is 1.98. The van der Waals surface area contributed by atoms with Crippen LogP contribution < -0.4 is 5.32 Å². The predicted molar refractivity (Wildman–Crippen MR) is 79.9 cm³/mol. The number of benzene rings is 1. The molecule has 18 heavy (non-hydrogen) atoms. The first kappa shape index (κ1) is 15.2. The summed E-state index contributed by atoms with van der Waals surface area (Å²) in [5.41, 5.74) is 1.41. The van der Waals surface area contributed by atoms with Gasteiger partial charge in [0.2, 0.25) is 0 Å². The lowest BCUT2D eigenvalue weighted by atomic mass is 10.0. The summed E-state index contributed by atoms with van der Waals surface area (Å²) in [7, 11) is 4.27. The van der Waals surface area contributed by atoms with Crippen molar-refractivity contribution in [1.29, 1.82) is 0 Å². The van der Waals surface area contributed by atoms with Crippen LogP contribution >= 0.6 is 0 Å². The van der Waals surface area contributed by atoms with Crippen LogP contribution in [-0.4, -0.2) is 31.6 Å². The first-order chi connectivity index (χ1) is 8.65. The van der Waals surface area contributed by atoms with E-state index in [1.54, 1.807) is 0 Å². The molecule has 0 fully saturated rings. The van der Waals surface area contributed by atoms with Gasteiger partial charge >= 0.3 is 0 Å². The predicted octanol–water partition coefficient (Wildman–Crippen LogP) is 3.46. The monoisotopic (exact) mass is 248 g/mol. The molecule has 0 aromatic heterocycles. The minimum Gasteiger partial charge on any atom is -0.308 e. The normalized spacial score (nSPS) is 14.7. The lowest BCUT2D eigenvalue weighted by Crippen LogP contribution is -2.37. The SMILES string of the molecule is CCCCC(NCC(C)N(C)C)c1ccccc1. The van der Waals surface area contributed by atoms with Crippen LogP contribution in [0.25, 0.3) is 0 Å². The minimum atomic E-state index is 0.494. The van der Waals surface area contributed by atoms with Crippen LogP contribution in [0.5, 0.6) is 0 Å². The van der Waals surface area contributed by atoms with E-state index in [0.717, 1.165) is 6.54 Å². The van der Waals surface area contributed by atoms with Gasteiger partial charge in [-0.05, 0) is 33.0 Å². The van der Waals surface area contributed by atoms with Crippen LogP contribution in [0.1, 0.15) is 44.7 Å². The molecular formula is C16H28N2. The maximum atomic E-state index is 3.71. The molecule has 0 heterocycles. The average Bonchev–Trinajstić information content (AvgIpc) is 2.39. The van der Waals surface area contributed by atoms with E-state index in [0.29, 0.717) is 12.1 Å². The van der Waals surface area contributed by atoms with E-state index >= 15 is 0 Å². The van der Waals surface area contributed by atoms with E-state index in [2.05, 4.69) is 68.5 Å². The number of likely N-dealkylation sites (N-methyl/N-ethyl adjacent to an activating group) is 1. The number of rotatable bonds is 8. The van der Waals surface area contributed by atoms with Gasteiger partial charge in [0.25, 0.3) is 0 Å². The molecule has 0 saturated heterocycles. The second-order valence-electron chi connectivity index (χ2n) is 5.33. The van der Waals surface area contributed by atoms with Gasteiger partial charge in [-0.2, -0.15) is 0 Å². The molecule has 0 aliphatic rings. The zero-order valence-electron chi connectivity index (χ0n) is 12.3. The zero-order valence-corrected chi connectivity index (χ0v) is 12.3. The molecule has 2 heteroatoms. The average molecular weight is 248 g/mol. The molecule has 1 rings (SSSR count). The second kappa shape index (κ2) is 8.28. The van der Waals surface area contributed by atoms with E-state index in [1.165, 1.54) is 24.8 Å². The maximum absolute atomic E-state index is 3.71. The van der Waals surface area contributed by atoms with Gasteiger partial charge < -0.3 is 10.2 Å². The van der Waals surface area contributed by atoms with Crippen molar-refractivity contribution in [2.45, 2.75) is 45.2 Å². The molecule has 0 spiro atoms. The van der Waals surface area contributed by atoms with Gasteiger partial charge in [-0.15, -0.1) is 0 Å². The Morgan fingerprint density at radius 3 is 2.39 bits per heavy atom. The number of hydrogen-bond acceptors (Lipinski definition) is 2. The summed E-state index contributed by atoms with van der Waals surface area (Å²) in [5, 5.41) is 3.71. The van der Waals surface area contributed by atoms with Gasteiger partial charge in [0.15, 0.2) is 0 Å². The third-order valence-electron chi connectivity index (χ3n) is 3.59. The molecule has 2 nitrogen and oxygen atoms in total. The van der Waals surface area contributed by atoms with E-state index in [4.69, 9.17) is 0 Å². The Balaban J connectivity index is 2.56. The molecule has 2 unspecified atom stereocenters. The molecule has 1 N–H and O–H groups in total. The van der Waals surface area contributed by atoms with E-state index in [-0.39, 0.29) is 0 Å². The Bertz CT molecular complexity index is 308. The fraction of sp³-hybridized carbons (Fsp3) is 0.625. The highest BCUT2D eigenvalue weighted by atomic mass is 15.1. The van der Waals surface area contributed by atoms with Crippen LogP contribution in [0.3, 0.4) is 0 Å². The smallest absolute Gasteiger partial charge is 0.0320 e. The first-order valence-corrected chi connectivity index (χ1v) is 7.10. The van der Waals surface area contributed by atoms with Crippen molar-refractivity contribution in [3.8, 4) is 0 Å². The van der Waals surface area contributed by atoms with Crippen LogP contribution in [0.2, 0.25) is 0 Å². The van der Waals surface area contributed by atoms with E-state index in [1.807, 2.05) is 0 Å². The number of hydrogen-bond donors (Lipinski definition) is 1. The van der Waals surface area contributed by atoms with Crippen molar-refractivity contribution in [3.63, 3.8) is 0 Å². The maximum Gasteiger partial charge on any atom is 0.0320 e. The van der Waals surface area contributed by atoms with Crippen LogP contribution in [0, 0.1) is 0 Å². The number of unbranched alkanes of at least 4 members (excludes halogenated alkanes) is 1. The van der Waals surface area contributed by atoms with Crippen LogP contribution in [0.15, 0.2) is 30.3 Å². The molecule has 0 radical (unpaired) electrons.